The fourth-order valence-corrected chi connectivity index (χ4v) is 2.60. The lowest BCUT2D eigenvalue weighted by Crippen LogP contribution is -2.13. The normalized spacial score (nSPS) is 10.4. The standard InChI is InChI=1S/C18H15Cl2N3O3/c1-25-17-6-5-13(20)8-16(17)18(24)22-14-9-21-23(10-14)11-26-15-4-2-3-12(19)7-15/h2-10H,11H2,1H3,(H,22,24). The molecule has 0 spiro atoms. The highest BCUT2D eigenvalue weighted by atomic mass is 35.5. The highest BCUT2D eigenvalue weighted by molar-refractivity contribution is 6.31. The highest BCUT2D eigenvalue weighted by Crippen LogP contribution is 2.24. The number of aromatic nitrogens is 2. The number of rotatable bonds is 6. The number of hydrogen-bond acceptors (Lipinski definition) is 4. The first-order valence-corrected chi connectivity index (χ1v) is 8.36. The zero-order chi connectivity index (χ0) is 18.5. The molecule has 6 nitrogen and oxygen atoms in total. The SMILES string of the molecule is COc1ccc(Cl)cc1C(=O)Nc1cnn(COc2cccc(Cl)c2)c1. The molecule has 0 aliphatic heterocycles. The van der Waals surface area contributed by atoms with Gasteiger partial charge in [-0.3, -0.25) is 4.79 Å². The van der Waals surface area contributed by atoms with Crippen LogP contribution in [0.25, 0.3) is 0 Å². The number of carbonyl (C=O) groups is 1. The van der Waals surface area contributed by atoms with E-state index in [9.17, 15) is 4.79 Å². The number of amides is 1. The van der Waals surface area contributed by atoms with Crippen LogP contribution in [0.4, 0.5) is 5.69 Å². The Kier molecular flexibility index (Phi) is 5.65. The van der Waals surface area contributed by atoms with E-state index < -0.39 is 0 Å². The number of ether oxygens (including phenoxy) is 2. The summed E-state index contributed by atoms with van der Waals surface area (Å²) in [6.45, 7) is 0.177. The number of nitrogens with zero attached hydrogens (tertiary/aromatic N) is 2. The van der Waals surface area contributed by atoms with Gasteiger partial charge in [-0.15, -0.1) is 0 Å². The molecule has 3 rings (SSSR count). The molecule has 0 aliphatic carbocycles. The van der Waals surface area contributed by atoms with E-state index in [1.165, 1.54) is 13.3 Å². The maximum absolute atomic E-state index is 12.4. The minimum atomic E-state index is -0.348. The van der Waals surface area contributed by atoms with Crippen LogP contribution in [-0.2, 0) is 6.73 Å². The number of hydrogen-bond donors (Lipinski definition) is 1. The van der Waals surface area contributed by atoms with Crippen LogP contribution in [0.5, 0.6) is 11.5 Å². The smallest absolute Gasteiger partial charge is 0.259 e. The second-order valence-corrected chi connectivity index (χ2v) is 6.17. The first-order valence-electron chi connectivity index (χ1n) is 7.61. The Hall–Kier alpha value is -2.70. The Morgan fingerprint density at radius 2 is 2.00 bits per heavy atom. The number of methoxy groups -OCH3 is 1. The van der Waals surface area contributed by atoms with E-state index >= 15 is 0 Å². The van der Waals surface area contributed by atoms with E-state index in [2.05, 4.69) is 10.4 Å². The predicted octanol–water partition coefficient (Wildman–Crippen LogP) is 4.49. The molecule has 3 aromatic rings. The van der Waals surface area contributed by atoms with Gasteiger partial charge in [-0.1, -0.05) is 29.3 Å². The first-order chi connectivity index (χ1) is 12.5. The predicted molar refractivity (Wildman–Crippen MR) is 100 cm³/mol. The molecule has 0 unspecified atom stereocenters. The van der Waals surface area contributed by atoms with E-state index in [-0.39, 0.29) is 12.6 Å². The summed E-state index contributed by atoms with van der Waals surface area (Å²) in [6.07, 6.45) is 3.18. The van der Waals surface area contributed by atoms with Gasteiger partial charge in [-0.2, -0.15) is 5.10 Å². The number of nitrogens with one attached hydrogen (secondary N) is 1. The van der Waals surface area contributed by atoms with Crippen molar-refractivity contribution in [2.45, 2.75) is 6.73 Å². The maximum Gasteiger partial charge on any atom is 0.259 e. The minimum absolute atomic E-state index is 0.177. The summed E-state index contributed by atoms with van der Waals surface area (Å²) in [5.74, 6) is 0.713. The van der Waals surface area contributed by atoms with Crippen molar-refractivity contribution in [1.82, 2.24) is 9.78 Å². The Morgan fingerprint density at radius 1 is 1.19 bits per heavy atom. The van der Waals surface area contributed by atoms with E-state index in [0.717, 1.165) is 0 Å². The molecule has 0 saturated heterocycles. The molecule has 1 amide bonds. The summed E-state index contributed by atoms with van der Waals surface area (Å²) in [4.78, 5) is 12.4. The molecular weight excluding hydrogens is 377 g/mol. The fourth-order valence-electron chi connectivity index (χ4n) is 2.25. The summed E-state index contributed by atoms with van der Waals surface area (Å²) in [7, 11) is 1.49. The molecule has 26 heavy (non-hydrogen) atoms. The number of anilines is 1. The van der Waals surface area contributed by atoms with Crippen molar-refractivity contribution >= 4 is 34.8 Å². The molecule has 0 saturated carbocycles. The van der Waals surface area contributed by atoms with Gasteiger partial charge >= 0.3 is 0 Å². The lowest BCUT2D eigenvalue weighted by atomic mass is 10.2. The largest absolute Gasteiger partial charge is 0.496 e. The molecule has 134 valence electrons. The van der Waals surface area contributed by atoms with Gasteiger partial charge in [0, 0.05) is 10.0 Å². The third kappa shape index (κ3) is 4.47. The van der Waals surface area contributed by atoms with Crippen molar-refractivity contribution in [2.75, 3.05) is 12.4 Å². The second-order valence-electron chi connectivity index (χ2n) is 5.30. The molecule has 0 aliphatic rings. The molecule has 1 aromatic heterocycles. The number of halogens is 2. The molecule has 1 N–H and O–H groups in total. The van der Waals surface area contributed by atoms with Crippen molar-refractivity contribution in [2.24, 2.45) is 0 Å². The van der Waals surface area contributed by atoms with Crippen LogP contribution in [0.15, 0.2) is 54.9 Å². The molecular formula is C18H15Cl2N3O3. The van der Waals surface area contributed by atoms with Crippen molar-refractivity contribution < 1.29 is 14.3 Å². The Bertz CT molecular complexity index is 928. The van der Waals surface area contributed by atoms with Crippen molar-refractivity contribution in [1.29, 1.82) is 0 Å². The molecule has 1 heterocycles. The second kappa shape index (κ2) is 8.12. The van der Waals surface area contributed by atoms with Crippen LogP contribution in [0.1, 0.15) is 10.4 Å². The average molecular weight is 392 g/mol. The number of benzene rings is 2. The summed E-state index contributed by atoms with van der Waals surface area (Å²) >= 11 is 11.9. The van der Waals surface area contributed by atoms with E-state index in [1.54, 1.807) is 53.3 Å². The zero-order valence-corrected chi connectivity index (χ0v) is 15.3. The third-order valence-corrected chi connectivity index (χ3v) is 3.93. The van der Waals surface area contributed by atoms with Gasteiger partial charge in [0.15, 0.2) is 6.73 Å². The van der Waals surface area contributed by atoms with Crippen LogP contribution in [0, 0.1) is 0 Å². The first kappa shape index (κ1) is 18.1. The molecule has 0 atom stereocenters. The van der Waals surface area contributed by atoms with E-state index in [4.69, 9.17) is 32.7 Å². The monoisotopic (exact) mass is 391 g/mol. The molecule has 0 fully saturated rings. The Labute approximate surface area is 160 Å². The third-order valence-electron chi connectivity index (χ3n) is 3.46. The van der Waals surface area contributed by atoms with Crippen molar-refractivity contribution in [3.8, 4) is 11.5 Å². The van der Waals surface area contributed by atoms with Crippen LogP contribution < -0.4 is 14.8 Å². The van der Waals surface area contributed by atoms with E-state index in [0.29, 0.717) is 32.8 Å². The van der Waals surface area contributed by atoms with Gasteiger partial charge in [-0.25, -0.2) is 4.68 Å². The quantitative estimate of drug-likeness (QED) is 0.672. The lowest BCUT2D eigenvalue weighted by molar-refractivity contribution is 0.102. The summed E-state index contributed by atoms with van der Waals surface area (Å²) in [5.41, 5.74) is 0.856. The van der Waals surface area contributed by atoms with Gasteiger partial charge in [0.1, 0.15) is 11.5 Å². The summed E-state index contributed by atoms with van der Waals surface area (Å²) < 4.78 is 12.3. The fraction of sp³-hybridized carbons (Fsp3) is 0.111. The molecule has 0 radical (unpaired) electrons. The minimum Gasteiger partial charge on any atom is -0.496 e. The van der Waals surface area contributed by atoms with Crippen molar-refractivity contribution in [3.63, 3.8) is 0 Å². The van der Waals surface area contributed by atoms with E-state index in [1.807, 2.05) is 0 Å². The van der Waals surface area contributed by atoms with Crippen LogP contribution in [-0.4, -0.2) is 22.8 Å². The average Bonchev–Trinajstić information content (AvgIpc) is 3.07. The molecule has 2 aromatic carbocycles. The maximum atomic E-state index is 12.4. The van der Waals surface area contributed by atoms with Gasteiger partial charge in [-0.05, 0) is 36.4 Å². The topological polar surface area (TPSA) is 65.4 Å². The van der Waals surface area contributed by atoms with Gasteiger partial charge in [0.05, 0.1) is 30.8 Å². The number of carbonyl (C=O) groups excluding carboxylic acids is 1. The summed E-state index contributed by atoms with van der Waals surface area (Å²) in [5, 5.41) is 7.93. The molecule has 0 bridgehead atoms. The van der Waals surface area contributed by atoms with Gasteiger partial charge < -0.3 is 14.8 Å². The van der Waals surface area contributed by atoms with Crippen LogP contribution in [0.2, 0.25) is 10.0 Å². The highest BCUT2D eigenvalue weighted by Gasteiger charge is 2.14. The lowest BCUT2D eigenvalue weighted by Gasteiger charge is -2.08. The zero-order valence-electron chi connectivity index (χ0n) is 13.8. The van der Waals surface area contributed by atoms with Crippen molar-refractivity contribution in [3.05, 3.63) is 70.5 Å². The van der Waals surface area contributed by atoms with Gasteiger partial charge in [0.25, 0.3) is 5.91 Å². The van der Waals surface area contributed by atoms with Crippen LogP contribution in [0.3, 0.4) is 0 Å². The van der Waals surface area contributed by atoms with Crippen LogP contribution >= 0.6 is 23.2 Å². The molecule has 8 heteroatoms. The Balaban J connectivity index is 1.65. The Morgan fingerprint density at radius 3 is 2.77 bits per heavy atom. The van der Waals surface area contributed by atoms with Gasteiger partial charge in [0.2, 0.25) is 0 Å². The summed E-state index contributed by atoms with van der Waals surface area (Å²) in [6, 6.07) is 11.9.